The summed E-state index contributed by atoms with van der Waals surface area (Å²) in [4.78, 5) is 11.8. The summed E-state index contributed by atoms with van der Waals surface area (Å²) in [5.41, 5.74) is 1.96. The van der Waals surface area contributed by atoms with Crippen molar-refractivity contribution >= 4 is 5.97 Å². The van der Waals surface area contributed by atoms with Gasteiger partial charge in [-0.15, -0.1) is 0 Å². The Morgan fingerprint density at radius 2 is 1.80 bits per heavy atom. The van der Waals surface area contributed by atoms with Crippen LogP contribution in [0, 0.1) is 0 Å². The van der Waals surface area contributed by atoms with Crippen molar-refractivity contribution in [3.05, 3.63) is 59.9 Å². The van der Waals surface area contributed by atoms with Crippen LogP contribution in [0.15, 0.2) is 48.7 Å². The highest BCUT2D eigenvalue weighted by atomic mass is 16.6. The first-order chi connectivity index (χ1) is 9.69. The van der Waals surface area contributed by atoms with E-state index in [1.165, 1.54) is 19.8 Å². The van der Waals surface area contributed by atoms with Gasteiger partial charge in [0.2, 0.25) is 0 Å². The number of methoxy groups -OCH3 is 2. The lowest BCUT2D eigenvalue weighted by Crippen LogP contribution is -2.21. The number of nitrogens with zero attached hydrogens (tertiary/aromatic N) is 1. The summed E-state index contributed by atoms with van der Waals surface area (Å²) in [6.45, 7) is 2.09. The summed E-state index contributed by atoms with van der Waals surface area (Å²) in [5.74, 6) is -0.396. The normalized spacial score (nSPS) is 13.8. The molecule has 0 bridgehead atoms. The fourth-order valence-corrected chi connectivity index (χ4v) is 2.32. The molecule has 1 aromatic heterocycles. The van der Waals surface area contributed by atoms with Gasteiger partial charge in [0, 0.05) is 13.3 Å². The number of hydrogen-bond donors (Lipinski definition) is 0. The van der Waals surface area contributed by atoms with Crippen LogP contribution in [-0.4, -0.2) is 24.8 Å². The maximum absolute atomic E-state index is 11.8. The highest BCUT2D eigenvalue weighted by Gasteiger charge is 2.25. The van der Waals surface area contributed by atoms with Crippen LogP contribution in [0.2, 0.25) is 0 Å². The Labute approximate surface area is 118 Å². The van der Waals surface area contributed by atoms with E-state index in [4.69, 9.17) is 9.47 Å². The van der Waals surface area contributed by atoms with E-state index in [9.17, 15) is 4.79 Å². The molecule has 20 heavy (non-hydrogen) atoms. The molecule has 0 fully saturated rings. The molecular weight excluding hydrogens is 254 g/mol. The molecule has 2 aromatic rings. The molecule has 0 aliphatic rings. The topological polar surface area (TPSA) is 40.5 Å². The summed E-state index contributed by atoms with van der Waals surface area (Å²) >= 11 is 0. The number of carbonyl (C=O) groups is 1. The summed E-state index contributed by atoms with van der Waals surface area (Å²) < 4.78 is 12.1. The third-order valence-corrected chi connectivity index (χ3v) is 3.43. The van der Waals surface area contributed by atoms with Crippen molar-refractivity contribution < 1.29 is 14.3 Å². The van der Waals surface area contributed by atoms with E-state index < -0.39 is 12.1 Å². The standard InChI is InChI=1S/C16H19NO3/c1-12(13-8-5-4-6-9-13)17-11-7-10-14(17)15(19-2)16(18)20-3/h4-12,15H,1-3H3/t12-,15?/m1/s1. The maximum Gasteiger partial charge on any atom is 0.341 e. The zero-order valence-electron chi connectivity index (χ0n) is 11.9. The first-order valence-corrected chi connectivity index (χ1v) is 6.51. The average Bonchev–Trinajstić information content (AvgIpc) is 2.97. The van der Waals surface area contributed by atoms with Gasteiger partial charge in [0.05, 0.1) is 18.8 Å². The SMILES string of the molecule is COC(=O)C(OC)c1cccn1[C@H](C)c1ccccc1. The lowest BCUT2D eigenvalue weighted by molar-refractivity contribution is -0.153. The van der Waals surface area contributed by atoms with Gasteiger partial charge in [-0.05, 0) is 24.6 Å². The number of ether oxygens (including phenoxy) is 2. The van der Waals surface area contributed by atoms with Crippen LogP contribution in [0.3, 0.4) is 0 Å². The van der Waals surface area contributed by atoms with Crippen LogP contribution in [-0.2, 0) is 14.3 Å². The summed E-state index contributed by atoms with van der Waals surface area (Å²) in [6, 6.07) is 14.0. The fraction of sp³-hybridized carbons (Fsp3) is 0.312. The zero-order chi connectivity index (χ0) is 14.5. The van der Waals surface area contributed by atoms with Gasteiger partial charge >= 0.3 is 5.97 Å². The number of esters is 1. The third kappa shape index (κ3) is 2.75. The number of aromatic nitrogens is 1. The van der Waals surface area contributed by atoms with Crippen molar-refractivity contribution in [3.8, 4) is 0 Å². The molecule has 106 valence electrons. The predicted molar refractivity (Wildman–Crippen MR) is 76.5 cm³/mol. The predicted octanol–water partition coefficient (Wildman–Crippen LogP) is 2.96. The number of carbonyl (C=O) groups excluding carboxylic acids is 1. The van der Waals surface area contributed by atoms with Crippen molar-refractivity contribution in [2.75, 3.05) is 14.2 Å². The Kier molecular flexibility index (Phi) is 4.58. The molecule has 0 N–H and O–H groups in total. The summed E-state index contributed by atoms with van der Waals surface area (Å²) in [5, 5.41) is 0. The average molecular weight is 273 g/mol. The second-order valence-corrected chi connectivity index (χ2v) is 4.57. The van der Waals surface area contributed by atoms with Crippen LogP contribution in [0.1, 0.15) is 30.3 Å². The van der Waals surface area contributed by atoms with Gasteiger partial charge in [-0.25, -0.2) is 4.79 Å². The Hall–Kier alpha value is -2.07. The largest absolute Gasteiger partial charge is 0.467 e. The molecule has 0 saturated heterocycles. The van der Waals surface area contributed by atoms with Crippen LogP contribution in [0.5, 0.6) is 0 Å². The van der Waals surface area contributed by atoms with Crippen molar-refractivity contribution in [3.63, 3.8) is 0 Å². The minimum absolute atomic E-state index is 0.114. The Balaban J connectivity index is 2.35. The summed E-state index contributed by atoms with van der Waals surface area (Å²) in [6.07, 6.45) is 1.24. The molecule has 0 spiro atoms. The first-order valence-electron chi connectivity index (χ1n) is 6.51. The molecule has 4 heteroatoms. The van der Waals surface area contributed by atoms with E-state index >= 15 is 0 Å². The fourth-order valence-electron chi connectivity index (χ4n) is 2.32. The lowest BCUT2D eigenvalue weighted by atomic mass is 10.1. The van der Waals surface area contributed by atoms with Gasteiger partial charge in [-0.3, -0.25) is 0 Å². The number of benzene rings is 1. The highest BCUT2D eigenvalue weighted by Crippen LogP contribution is 2.26. The number of rotatable bonds is 5. The molecule has 1 heterocycles. The molecule has 1 unspecified atom stereocenters. The lowest BCUT2D eigenvalue weighted by Gasteiger charge is -2.21. The van der Waals surface area contributed by atoms with Crippen LogP contribution in [0.4, 0.5) is 0 Å². The minimum Gasteiger partial charge on any atom is -0.467 e. The Morgan fingerprint density at radius 3 is 2.40 bits per heavy atom. The van der Waals surface area contributed by atoms with E-state index in [1.807, 2.05) is 41.1 Å². The first kappa shape index (κ1) is 14.3. The van der Waals surface area contributed by atoms with Crippen molar-refractivity contribution in [2.45, 2.75) is 19.1 Å². The van der Waals surface area contributed by atoms with E-state index in [1.54, 1.807) is 0 Å². The van der Waals surface area contributed by atoms with Crippen LogP contribution < -0.4 is 0 Å². The Morgan fingerprint density at radius 1 is 1.10 bits per heavy atom. The molecule has 2 atom stereocenters. The molecule has 4 nitrogen and oxygen atoms in total. The van der Waals surface area contributed by atoms with Gasteiger partial charge in [-0.1, -0.05) is 30.3 Å². The smallest absolute Gasteiger partial charge is 0.341 e. The van der Waals surface area contributed by atoms with Crippen LogP contribution >= 0.6 is 0 Å². The van der Waals surface area contributed by atoms with Gasteiger partial charge in [-0.2, -0.15) is 0 Å². The molecule has 0 amide bonds. The molecule has 0 radical (unpaired) electrons. The van der Waals surface area contributed by atoms with Gasteiger partial charge in [0.25, 0.3) is 0 Å². The number of hydrogen-bond acceptors (Lipinski definition) is 3. The van der Waals surface area contributed by atoms with Gasteiger partial charge < -0.3 is 14.0 Å². The van der Waals surface area contributed by atoms with Crippen molar-refractivity contribution in [1.82, 2.24) is 4.57 Å². The van der Waals surface area contributed by atoms with Gasteiger partial charge in [0.1, 0.15) is 0 Å². The highest BCUT2D eigenvalue weighted by molar-refractivity contribution is 5.76. The zero-order valence-corrected chi connectivity index (χ0v) is 11.9. The van der Waals surface area contributed by atoms with Crippen molar-refractivity contribution in [1.29, 1.82) is 0 Å². The second kappa shape index (κ2) is 6.39. The Bertz CT molecular complexity index is 562. The molecule has 1 aromatic carbocycles. The van der Waals surface area contributed by atoms with E-state index in [0.717, 1.165) is 5.69 Å². The third-order valence-electron chi connectivity index (χ3n) is 3.43. The van der Waals surface area contributed by atoms with E-state index in [2.05, 4.69) is 19.1 Å². The quantitative estimate of drug-likeness (QED) is 0.786. The van der Waals surface area contributed by atoms with E-state index in [-0.39, 0.29) is 6.04 Å². The second-order valence-electron chi connectivity index (χ2n) is 4.57. The minimum atomic E-state index is -0.707. The molecule has 0 aliphatic heterocycles. The van der Waals surface area contributed by atoms with Gasteiger partial charge in [0.15, 0.2) is 6.10 Å². The van der Waals surface area contributed by atoms with E-state index in [0.29, 0.717) is 0 Å². The summed E-state index contributed by atoms with van der Waals surface area (Å²) in [7, 11) is 2.87. The monoisotopic (exact) mass is 273 g/mol. The van der Waals surface area contributed by atoms with Crippen LogP contribution in [0.25, 0.3) is 0 Å². The molecule has 0 aliphatic carbocycles. The maximum atomic E-state index is 11.8. The molecule has 2 rings (SSSR count). The molecule has 0 saturated carbocycles. The molecular formula is C16H19NO3. The van der Waals surface area contributed by atoms with Crippen molar-refractivity contribution in [2.24, 2.45) is 0 Å².